The van der Waals surface area contributed by atoms with Crippen LogP contribution in [0, 0.1) is 0 Å². The van der Waals surface area contributed by atoms with Crippen LogP contribution in [0.2, 0.25) is 0 Å². The van der Waals surface area contributed by atoms with E-state index in [9.17, 15) is 4.79 Å². The fraction of sp³-hybridized carbons (Fsp3) is 0.0769. The quantitative estimate of drug-likeness (QED) is 0.739. The summed E-state index contributed by atoms with van der Waals surface area (Å²) in [6.07, 6.45) is 0. The van der Waals surface area contributed by atoms with Crippen molar-refractivity contribution in [1.29, 1.82) is 0 Å². The molecule has 0 amide bonds. The van der Waals surface area contributed by atoms with E-state index in [1.807, 2.05) is 24.3 Å². The number of thioether (sulfide) groups is 1. The minimum atomic E-state index is -1.05. The molecule has 6 heteroatoms. The number of carboxylic acid groups (broad SMARTS) is 1. The van der Waals surface area contributed by atoms with Gasteiger partial charge in [0.25, 0.3) is 0 Å². The topological polar surface area (TPSA) is 63.3 Å². The minimum absolute atomic E-state index is 0.0279. The molecule has 0 spiro atoms. The van der Waals surface area contributed by atoms with Crippen LogP contribution in [0.1, 0.15) is 16.3 Å². The van der Waals surface area contributed by atoms with Gasteiger partial charge in [0.05, 0.1) is 16.0 Å². The lowest BCUT2D eigenvalue weighted by Crippen LogP contribution is -1.91. The number of fused-ring (bicyclic) bond motifs is 1. The minimum Gasteiger partial charge on any atom is -0.475 e. The molecule has 3 rings (SSSR count). The lowest BCUT2D eigenvalue weighted by Gasteiger charge is -1.93. The number of carboxylic acids is 1. The number of benzene rings is 1. The van der Waals surface area contributed by atoms with E-state index in [4.69, 9.17) is 9.52 Å². The Morgan fingerprint density at radius 2 is 2.16 bits per heavy atom. The highest BCUT2D eigenvalue weighted by Crippen LogP contribution is 2.31. The number of aromatic carboxylic acids is 1. The number of carbonyl (C=O) groups is 1. The number of hydrogen-bond acceptors (Lipinski definition) is 5. The van der Waals surface area contributed by atoms with Gasteiger partial charge < -0.3 is 9.52 Å². The summed E-state index contributed by atoms with van der Waals surface area (Å²) in [5.74, 6) is 0.144. The van der Waals surface area contributed by atoms with Crippen LogP contribution in [-0.4, -0.2) is 16.1 Å². The van der Waals surface area contributed by atoms with E-state index >= 15 is 0 Å². The van der Waals surface area contributed by atoms with Crippen molar-refractivity contribution in [3.05, 3.63) is 47.9 Å². The lowest BCUT2D eigenvalue weighted by molar-refractivity contribution is 0.0661. The van der Waals surface area contributed by atoms with Gasteiger partial charge in [-0.25, -0.2) is 9.78 Å². The van der Waals surface area contributed by atoms with E-state index in [1.54, 1.807) is 29.2 Å². The molecule has 4 nitrogen and oxygen atoms in total. The highest BCUT2D eigenvalue weighted by molar-refractivity contribution is 8.00. The molecule has 1 aromatic carbocycles. The van der Waals surface area contributed by atoms with Crippen LogP contribution in [0.4, 0.5) is 0 Å². The lowest BCUT2D eigenvalue weighted by atomic mass is 10.3. The molecule has 0 fully saturated rings. The number of nitrogens with zero attached hydrogens (tertiary/aromatic N) is 1. The summed E-state index contributed by atoms with van der Waals surface area (Å²) in [4.78, 5) is 15.2. The van der Waals surface area contributed by atoms with Gasteiger partial charge in [-0.05, 0) is 24.3 Å². The Hall–Kier alpha value is -1.79. The Morgan fingerprint density at radius 3 is 2.89 bits per heavy atom. The molecular weight excluding hydrogens is 282 g/mol. The van der Waals surface area contributed by atoms with E-state index in [2.05, 4.69) is 4.98 Å². The van der Waals surface area contributed by atoms with Crippen molar-refractivity contribution in [2.45, 2.75) is 10.1 Å². The molecule has 1 N–H and O–H groups in total. The Bertz CT molecular complexity index is 699. The van der Waals surface area contributed by atoms with Crippen LogP contribution in [0.25, 0.3) is 10.2 Å². The number of aromatic nitrogens is 1. The summed E-state index contributed by atoms with van der Waals surface area (Å²) in [5, 5.41) is 8.77. The van der Waals surface area contributed by atoms with E-state index in [1.165, 1.54) is 6.07 Å². The molecular formula is C13H9NO3S2. The number of furan rings is 1. The summed E-state index contributed by atoms with van der Waals surface area (Å²) < 4.78 is 7.30. The van der Waals surface area contributed by atoms with Crippen molar-refractivity contribution in [2.24, 2.45) is 0 Å². The van der Waals surface area contributed by atoms with Crippen molar-refractivity contribution in [1.82, 2.24) is 4.98 Å². The Labute approximate surface area is 117 Å². The van der Waals surface area contributed by atoms with Gasteiger partial charge in [-0.2, -0.15) is 0 Å². The summed E-state index contributed by atoms with van der Waals surface area (Å²) in [6.45, 7) is 0. The van der Waals surface area contributed by atoms with Crippen LogP contribution >= 0.6 is 23.1 Å². The van der Waals surface area contributed by atoms with Gasteiger partial charge in [0, 0.05) is 0 Å². The molecule has 0 saturated carbocycles. The van der Waals surface area contributed by atoms with E-state index in [0.717, 1.165) is 14.6 Å². The fourth-order valence-corrected chi connectivity index (χ4v) is 3.58. The van der Waals surface area contributed by atoms with Crippen molar-refractivity contribution in [3.63, 3.8) is 0 Å². The van der Waals surface area contributed by atoms with Crippen molar-refractivity contribution < 1.29 is 14.3 Å². The van der Waals surface area contributed by atoms with Crippen molar-refractivity contribution >= 4 is 39.3 Å². The zero-order valence-corrected chi connectivity index (χ0v) is 11.3. The first kappa shape index (κ1) is 12.3. The first-order chi connectivity index (χ1) is 9.22. The van der Waals surface area contributed by atoms with Gasteiger partial charge in [-0.15, -0.1) is 11.3 Å². The molecule has 0 aliphatic heterocycles. The van der Waals surface area contributed by atoms with Crippen LogP contribution < -0.4 is 0 Å². The molecule has 0 saturated heterocycles. The molecule has 0 bridgehead atoms. The zero-order valence-electron chi connectivity index (χ0n) is 9.70. The normalized spacial score (nSPS) is 10.9. The van der Waals surface area contributed by atoms with Gasteiger partial charge >= 0.3 is 5.97 Å². The number of para-hydroxylation sites is 1. The van der Waals surface area contributed by atoms with E-state index in [-0.39, 0.29) is 5.76 Å². The average Bonchev–Trinajstić information content (AvgIpc) is 3.02. The second-order valence-corrected chi connectivity index (χ2v) is 6.06. The molecule has 96 valence electrons. The second kappa shape index (κ2) is 5.07. The van der Waals surface area contributed by atoms with Crippen LogP contribution in [-0.2, 0) is 5.75 Å². The first-order valence-electron chi connectivity index (χ1n) is 5.53. The maximum Gasteiger partial charge on any atom is 0.371 e. The standard InChI is InChI=1S/C13H9NO3S2/c15-12(16)10-6-5-8(17-10)7-18-13-14-9-3-1-2-4-11(9)19-13/h1-6H,7H2,(H,15,16). The molecule has 3 aromatic rings. The molecule has 2 aromatic heterocycles. The van der Waals surface area contributed by atoms with Gasteiger partial charge in [0.15, 0.2) is 4.34 Å². The maximum atomic E-state index is 10.7. The third kappa shape index (κ3) is 2.64. The van der Waals surface area contributed by atoms with Gasteiger partial charge in [-0.3, -0.25) is 0 Å². The molecule has 0 radical (unpaired) electrons. The molecule has 0 aliphatic rings. The summed E-state index contributed by atoms with van der Waals surface area (Å²) in [6, 6.07) is 11.1. The molecule has 0 aliphatic carbocycles. The molecule has 19 heavy (non-hydrogen) atoms. The highest BCUT2D eigenvalue weighted by Gasteiger charge is 2.10. The Morgan fingerprint density at radius 1 is 1.32 bits per heavy atom. The molecule has 0 unspecified atom stereocenters. The average molecular weight is 291 g/mol. The largest absolute Gasteiger partial charge is 0.475 e. The molecule has 2 heterocycles. The fourth-order valence-electron chi connectivity index (χ4n) is 1.62. The van der Waals surface area contributed by atoms with Crippen LogP contribution in [0.15, 0.2) is 45.2 Å². The monoisotopic (exact) mass is 291 g/mol. The smallest absolute Gasteiger partial charge is 0.371 e. The highest BCUT2D eigenvalue weighted by atomic mass is 32.2. The van der Waals surface area contributed by atoms with E-state index < -0.39 is 5.97 Å². The SMILES string of the molecule is O=C(O)c1ccc(CSc2nc3ccccc3s2)o1. The predicted octanol–water partition coefficient (Wildman–Crippen LogP) is 3.88. The van der Waals surface area contributed by atoms with E-state index in [0.29, 0.717) is 11.5 Å². The maximum absolute atomic E-state index is 10.7. The Kier molecular flexibility index (Phi) is 3.27. The van der Waals surface area contributed by atoms with Crippen molar-refractivity contribution in [2.75, 3.05) is 0 Å². The summed E-state index contributed by atoms with van der Waals surface area (Å²) in [5.41, 5.74) is 0.987. The van der Waals surface area contributed by atoms with Gasteiger partial charge in [-0.1, -0.05) is 23.9 Å². The van der Waals surface area contributed by atoms with Gasteiger partial charge in [0.2, 0.25) is 5.76 Å². The van der Waals surface area contributed by atoms with Crippen molar-refractivity contribution in [3.8, 4) is 0 Å². The summed E-state index contributed by atoms with van der Waals surface area (Å²) >= 11 is 3.17. The number of hydrogen-bond donors (Lipinski definition) is 1. The van der Waals surface area contributed by atoms with Gasteiger partial charge in [0.1, 0.15) is 5.76 Å². The predicted molar refractivity (Wildman–Crippen MR) is 74.8 cm³/mol. The Balaban J connectivity index is 1.72. The third-order valence-electron chi connectivity index (χ3n) is 2.48. The van der Waals surface area contributed by atoms with Crippen LogP contribution in [0.5, 0.6) is 0 Å². The number of thiazole rings is 1. The number of rotatable bonds is 4. The second-order valence-electron chi connectivity index (χ2n) is 3.81. The zero-order chi connectivity index (χ0) is 13.2. The first-order valence-corrected chi connectivity index (χ1v) is 7.33. The van der Waals surface area contributed by atoms with Crippen LogP contribution in [0.3, 0.4) is 0 Å². The molecule has 0 atom stereocenters. The third-order valence-corrected chi connectivity index (χ3v) is 4.69. The summed E-state index contributed by atoms with van der Waals surface area (Å²) in [7, 11) is 0.